The Bertz CT molecular complexity index is 826. The number of nitrogens with zero attached hydrogens (tertiary/aromatic N) is 3. The lowest BCUT2D eigenvalue weighted by atomic mass is 10.1. The first kappa shape index (κ1) is 15.7. The van der Waals surface area contributed by atoms with Crippen LogP contribution >= 0.6 is 0 Å². The summed E-state index contributed by atoms with van der Waals surface area (Å²) in [5.41, 5.74) is 2.74. The van der Waals surface area contributed by atoms with E-state index in [1.165, 1.54) is 0 Å². The molecule has 0 fully saturated rings. The number of benzene rings is 1. The van der Waals surface area contributed by atoms with Gasteiger partial charge in [0.25, 0.3) is 5.91 Å². The van der Waals surface area contributed by atoms with Crippen LogP contribution < -0.4 is 10.1 Å². The van der Waals surface area contributed by atoms with E-state index in [1.807, 2.05) is 43.3 Å². The third kappa shape index (κ3) is 3.78. The molecule has 122 valence electrons. The minimum Gasteiger partial charge on any atom is -0.482 e. The third-order valence-electron chi connectivity index (χ3n) is 3.45. The molecule has 3 aromatic rings. The Morgan fingerprint density at radius 3 is 2.62 bits per heavy atom. The predicted molar refractivity (Wildman–Crippen MR) is 91.7 cm³/mol. The lowest BCUT2D eigenvalue weighted by Gasteiger charge is -2.08. The standard InChI is InChI=1S/C18H18N4O2/c1-13-10-17(22(2)21-13)20-18(23)12-24-15-8-9-16(19-11-15)14-6-4-3-5-7-14/h3-11H,12H2,1-2H3,(H,20,23). The first-order valence-corrected chi connectivity index (χ1v) is 7.56. The van der Waals surface area contributed by atoms with Crippen molar-refractivity contribution in [3.8, 4) is 17.0 Å². The summed E-state index contributed by atoms with van der Waals surface area (Å²) < 4.78 is 7.09. The number of carbonyl (C=O) groups excluding carboxylic acids is 1. The van der Waals surface area contributed by atoms with Crippen LogP contribution in [-0.2, 0) is 11.8 Å². The zero-order chi connectivity index (χ0) is 16.9. The van der Waals surface area contributed by atoms with E-state index in [0.717, 1.165) is 17.0 Å². The Morgan fingerprint density at radius 1 is 1.21 bits per heavy atom. The Kier molecular flexibility index (Phi) is 4.56. The maximum Gasteiger partial charge on any atom is 0.263 e. The number of hydrogen-bond acceptors (Lipinski definition) is 4. The SMILES string of the molecule is Cc1cc(NC(=O)COc2ccc(-c3ccccc3)nc2)n(C)n1. The highest BCUT2D eigenvalue weighted by Gasteiger charge is 2.08. The van der Waals surface area contributed by atoms with Crippen molar-refractivity contribution in [2.75, 3.05) is 11.9 Å². The fraction of sp³-hybridized carbons (Fsp3) is 0.167. The molecular formula is C18H18N4O2. The molecule has 6 nitrogen and oxygen atoms in total. The second-order valence-corrected chi connectivity index (χ2v) is 5.38. The molecule has 0 bridgehead atoms. The van der Waals surface area contributed by atoms with E-state index >= 15 is 0 Å². The fourth-order valence-electron chi connectivity index (χ4n) is 2.30. The average molecular weight is 322 g/mol. The Hall–Kier alpha value is -3.15. The molecule has 2 heterocycles. The van der Waals surface area contributed by atoms with Gasteiger partial charge in [0.05, 0.1) is 17.6 Å². The Morgan fingerprint density at radius 2 is 2.00 bits per heavy atom. The number of anilines is 1. The van der Waals surface area contributed by atoms with E-state index in [4.69, 9.17) is 4.74 Å². The molecule has 0 atom stereocenters. The summed E-state index contributed by atoms with van der Waals surface area (Å²) >= 11 is 0. The zero-order valence-electron chi connectivity index (χ0n) is 13.6. The van der Waals surface area contributed by atoms with Crippen molar-refractivity contribution in [2.45, 2.75) is 6.92 Å². The number of pyridine rings is 1. The van der Waals surface area contributed by atoms with Gasteiger partial charge in [0.1, 0.15) is 11.6 Å². The molecule has 0 unspecified atom stereocenters. The summed E-state index contributed by atoms with van der Waals surface area (Å²) in [5, 5.41) is 6.93. The van der Waals surface area contributed by atoms with Crippen LogP contribution in [0.15, 0.2) is 54.7 Å². The number of carbonyl (C=O) groups is 1. The lowest BCUT2D eigenvalue weighted by molar-refractivity contribution is -0.118. The van der Waals surface area contributed by atoms with Crippen LogP contribution in [0.1, 0.15) is 5.69 Å². The van der Waals surface area contributed by atoms with Gasteiger partial charge in [-0.25, -0.2) is 0 Å². The first-order valence-electron chi connectivity index (χ1n) is 7.56. The second kappa shape index (κ2) is 6.95. The van der Waals surface area contributed by atoms with E-state index in [1.54, 1.807) is 30.1 Å². The number of hydrogen-bond donors (Lipinski definition) is 1. The topological polar surface area (TPSA) is 69.0 Å². The fourth-order valence-corrected chi connectivity index (χ4v) is 2.30. The Balaban J connectivity index is 1.57. The molecular weight excluding hydrogens is 304 g/mol. The van der Waals surface area contributed by atoms with Gasteiger partial charge >= 0.3 is 0 Å². The molecule has 0 radical (unpaired) electrons. The van der Waals surface area contributed by atoms with E-state index in [-0.39, 0.29) is 12.5 Å². The number of aromatic nitrogens is 3. The molecule has 0 aliphatic rings. The van der Waals surface area contributed by atoms with Gasteiger partial charge in [-0.15, -0.1) is 0 Å². The maximum atomic E-state index is 11.9. The molecule has 1 aromatic carbocycles. The van der Waals surface area contributed by atoms with Crippen LogP contribution in [0.5, 0.6) is 5.75 Å². The predicted octanol–water partition coefficient (Wildman–Crippen LogP) is 2.81. The van der Waals surface area contributed by atoms with Gasteiger partial charge < -0.3 is 10.1 Å². The number of ether oxygens (including phenoxy) is 1. The quantitative estimate of drug-likeness (QED) is 0.784. The third-order valence-corrected chi connectivity index (χ3v) is 3.45. The molecule has 0 spiro atoms. The monoisotopic (exact) mass is 322 g/mol. The molecule has 0 saturated heterocycles. The molecule has 0 aliphatic heterocycles. The largest absolute Gasteiger partial charge is 0.482 e. The minimum absolute atomic E-state index is 0.0867. The van der Waals surface area contributed by atoms with Gasteiger partial charge in [0, 0.05) is 18.7 Å². The van der Waals surface area contributed by atoms with Crippen molar-refractivity contribution in [3.05, 3.63) is 60.4 Å². The van der Waals surface area contributed by atoms with Crippen LogP contribution in [0.25, 0.3) is 11.3 Å². The van der Waals surface area contributed by atoms with E-state index in [0.29, 0.717) is 11.6 Å². The molecule has 0 aliphatic carbocycles. The second-order valence-electron chi connectivity index (χ2n) is 5.38. The number of amides is 1. The van der Waals surface area contributed by atoms with E-state index < -0.39 is 0 Å². The zero-order valence-corrected chi connectivity index (χ0v) is 13.6. The minimum atomic E-state index is -0.245. The number of rotatable bonds is 5. The van der Waals surface area contributed by atoms with Crippen molar-refractivity contribution < 1.29 is 9.53 Å². The van der Waals surface area contributed by atoms with Gasteiger partial charge in [-0.05, 0) is 19.1 Å². The van der Waals surface area contributed by atoms with Gasteiger partial charge in [-0.3, -0.25) is 14.5 Å². The highest BCUT2D eigenvalue weighted by atomic mass is 16.5. The molecule has 3 rings (SSSR count). The van der Waals surface area contributed by atoms with Gasteiger partial charge in [0.2, 0.25) is 0 Å². The van der Waals surface area contributed by atoms with Gasteiger partial charge in [0.15, 0.2) is 6.61 Å². The van der Waals surface area contributed by atoms with Crippen molar-refractivity contribution in [3.63, 3.8) is 0 Å². The van der Waals surface area contributed by atoms with Crippen LogP contribution in [0, 0.1) is 6.92 Å². The summed E-state index contributed by atoms with van der Waals surface area (Å²) in [6, 6.07) is 15.3. The number of nitrogens with one attached hydrogen (secondary N) is 1. The van der Waals surface area contributed by atoms with E-state index in [2.05, 4.69) is 15.4 Å². The summed E-state index contributed by atoms with van der Waals surface area (Å²) in [6.07, 6.45) is 1.61. The van der Waals surface area contributed by atoms with Crippen molar-refractivity contribution in [1.82, 2.24) is 14.8 Å². The molecule has 6 heteroatoms. The maximum absolute atomic E-state index is 11.9. The number of aryl methyl sites for hydroxylation is 2. The molecule has 2 aromatic heterocycles. The summed E-state index contributed by atoms with van der Waals surface area (Å²) in [5.74, 6) is 0.940. The van der Waals surface area contributed by atoms with Crippen LogP contribution in [-0.4, -0.2) is 27.3 Å². The summed E-state index contributed by atoms with van der Waals surface area (Å²) in [6.45, 7) is 1.78. The van der Waals surface area contributed by atoms with Gasteiger partial charge in [-0.1, -0.05) is 30.3 Å². The first-order chi connectivity index (χ1) is 11.6. The molecule has 1 N–H and O–H groups in total. The normalized spacial score (nSPS) is 10.4. The molecule has 0 saturated carbocycles. The summed E-state index contributed by atoms with van der Waals surface area (Å²) in [4.78, 5) is 16.3. The van der Waals surface area contributed by atoms with Crippen molar-refractivity contribution in [1.29, 1.82) is 0 Å². The van der Waals surface area contributed by atoms with Crippen molar-refractivity contribution in [2.24, 2.45) is 7.05 Å². The lowest BCUT2D eigenvalue weighted by Crippen LogP contribution is -2.21. The Labute approximate surface area is 140 Å². The van der Waals surface area contributed by atoms with Crippen LogP contribution in [0.2, 0.25) is 0 Å². The molecule has 24 heavy (non-hydrogen) atoms. The van der Waals surface area contributed by atoms with Gasteiger partial charge in [-0.2, -0.15) is 5.10 Å². The van der Waals surface area contributed by atoms with Crippen LogP contribution in [0.3, 0.4) is 0 Å². The van der Waals surface area contributed by atoms with E-state index in [9.17, 15) is 4.79 Å². The highest BCUT2D eigenvalue weighted by molar-refractivity contribution is 5.91. The molecule has 1 amide bonds. The summed E-state index contributed by atoms with van der Waals surface area (Å²) in [7, 11) is 1.77. The van der Waals surface area contributed by atoms with Crippen molar-refractivity contribution >= 4 is 11.7 Å². The average Bonchev–Trinajstić information content (AvgIpc) is 2.91. The smallest absolute Gasteiger partial charge is 0.263 e. The van der Waals surface area contributed by atoms with Crippen LogP contribution in [0.4, 0.5) is 5.82 Å². The highest BCUT2D eigenvalue weighted by Crippen LogP contribution is 2.19.